The Kier molecular flexibility index (Phi) is 3.64. The maximum Gasteiger partial charge on any atom is 0.332 e. The topological polar surface area (TPSA) is 72.8 Å². The van der Waals surface area contributed by atoms with Crippen LogP contribution in [0.4, 0.5) is 0 Å². The van der Waals surface area contributed by atoms with Crippen LogP contribution in [-0.4, -0.2) is 29.4 Å². The minimum absolute atomic E-state index is 0.456. The van der Waals surface area contributed by atoms with E-state index in [9.17, 15) is 9.59 Å². The third-order valence-electron chi connectivity index (χ3n) is 1.91. The SMILES string of the molecule is C=CC(=O)OC1CCCC(C(=O)O)O1. The number of ether oxygens (including phenoxy) is 2. The van der Waals surface area contributed by atoms with Crippen molar-refractivity contribution in [1.29, 1.82) is 0 Å². The van der Waals surface area contributed by atoms with E-state index < -0.39 is 24.3 Å². The predicted octanol–water partition coefficient (Wildman–Crippen LogP) is 0.695. The van der Waals surface area contributed by atoms with Crippen LogP contribution < -0.4 is 0 Å². The van der Waals surface area contributed by atoms with Gasteiger partial charge in [0.05, 0.1) is 0 Å². The minimum atomic E-state index is -1.02. The molecule has 0 radical (unpaired) electrons. The first kappa shape index (κ1) is 10.7. The second-order valence-corrected chi connectivity index (χ2v) is 2.96. The molecule has 1 saturated heterocycles. The molecule has 0 aromatic carbocycles. The Labute approximate surface area is 81.3 Å². The molecule has 5 heteroatoms. The number of carbonyl (C=O) groups is 2. The van der Waals surface area contributed by atoms with Crippen LogP contribution in [0, 0.1) is 0 Å². The van der Waals surface area contributed by atoms with E-state index in [1.54, 1.807) is 0 Å². The zero-order valence-corrected chi connectivity index (χ0v) is 7.64. The van der Waals surface area contributed by atoms with Gasteiger partial charge in [0.15, 0.2) is 6.10 Å². The van der Waals surface area contributed by atoms with Gasteiger partial charge in [-0.05, 0) is 12.8 Å². The van der Waals surface area contributed by atoms with E-state index in [1.165, 1.54) is 0 Å². The Balaban J connectivity index is 2.43. The monoisotopic (exact) mass is 200 g/mol. The van der Waals surface area contributed by atoms with Gasteiger partial charge in [0.1, 0.15) is 0 Å². The summed E-state index contributed by atoms with van der Waals surface area (Å²) in [7, 11) is 0. The number of hydrogen-bond acceptors (Lipinski definition) is 4. The molecule has 0 aromatic rings. The largest absolute Gasteiger partial charge is 0.479 e. The normalized spacial score (nSPS) is 26.6. The summed E-state index contributed by atoms with van der Waals surface area (Å²) in [4.78, 5) is 21.4. The molecule has 1 aliphatic rings. The van der Waals surface area contributed by atoms with Crippen LogP contribution in [0.5, 0.6) is 0 Å². The highest BCUT2D eigenvalue weighted by molar-refractivity contribution is 5.81. The summed E-state index contributed by atoms with van der Waals surface area (Å²) in [6.07, 6.45) is 1.06. The van der Waals surface area contributed by atoms with E-state index in [4.69, 9.17) is 14.6 Å². The molecule has 2 atom stereocenters. The Morgan fingerprint density at radius 3 is 2.79 bits per heavy atom. The molecule has 0 aliphatic carbocycles. The molecule has 78 valence electrons. The molecular weight excluding hydrogens is 188 g/mol. The Hall–Kier alpha value is -1.36. The van der Waals surface area contributed by atoms with Gasteiger partial charge in [0.2, 0.25) is 6.29 Å². The molecule has 1 rings (SSSR count). The average Bonchev–Trinajstić information content (AvgIpc) is 2.18. The average molecular weight is 200 g/mol. The van der Waals surface area contributed by atoms with Gasteiger partial charge in [-0.25, -0.2) is 9.59 Å². The summed E-state index contributed by atoms with van der Waals surface area (Å²) >= 11 is 0. The van der Waals surface area contributed by atoms with Crippen molar-refractivity contribution in [3.63, 3.8) is 0 Å². The Morgan fingerprint density at radius 1 is 1.50 bits per heavy atom. The van der Waals surface area contributed by atoms with Crippen molar-refractivity contribution >= 4 is 11.9 Å². The smallest absolute Gasteiger partial charge is 0.332 e. The Bertz CT molecular complexity index is 248. The Morgan fingerprint density at radius 2 is 2.21 bits per heavy atom. The standard InChI is InChI=1S/C9H12O5/c1-2-7(10)14-8-5-3-4-6(13-8)9(11)12/h2,6,8H,1,3-5H2,(H,11,12). The molecule has 1 heterocycles. The first-order valence-corrected chi connectivity index (χ1v) is 4.35. The number of aliphatic carboxylic acids is 1. The molecule has 0 spiro atoms. The van der Waals surface area contributed by atoms with Crippen molar-refractivity contribution in [2.45, 2.75) is 31.7 Å². The fourth-order valence-corrected chi connectivity index (χ4v) is 1.24. The lowest BCUT2D eigenvalue weighted by molar-refractivity contribution is -0.206. The number of carboxylic acid groups (broad SMARTS) is 1. The highest BCUT2D eigenvalue weighted by atomic mass is 16.7. The van der Waals surface area contributed by atoms with Gasteiger partial charge in [0.25, 0.3) is 0 Å². The molecule has 14 heavy (non-hydrogen) atoms. The summed E-state index contributed by atoms with van der Waals surface area (Å²) in [5, 5.41) is 8.66. The lowest BCUT2D eigenvalue weighted by Crippen LogP contribution is -2.35. The maximum atomic E-state index is 10.8. The summed E-state index contributed by atoms with van der Waals surface area (Å²) < 4.78 is 9.81. The van der Waals surface area contributed by atoms with E-state index in [-0.39, 0.29) is 0 Å². The zero-order valence-electron chi connectivity index (χ0n) is 7.64. The van der Waals surface area contributed by atoms with Gasteiger partial charge in [-0.1, -0.05) is 6.58 Å². The second-order valence-electron chi connectivity index (χ2n) is 2.96. The van der Waals surface area contributed by atoms with Crippen molar-refractivity contribution in [1.82, 2.24) is 0 Å². The van der Waals surface area contributed by atoms with E-state index >= 15 is 0 Å². The fourth-order valence-electron chi connectivity index (χ4n) is 1.24. The lowest BCUT2D eigenvalue weighted by atomic mass is 10.1. The first-order chi connectivity index (χ1) is 6.63. The minimum Gasteiger partial charge on any atom is -0.479 e. The maximum absolute atomic E-state index is 10.8. The quantitative estimate of drug-likeness (QED) is 0.536. The molecule has 5 nitrogen and oxygen atoms in total. The van der Waals surface area contributed by atoms with Crippen molar-refractivity contribution in [3.05, 3.63) is 12.7 Å². The highest BCUT2D eigenvalue weighted by Crippen LogP contribution is 2.20. The van der Waals surface area contributed by atoms with Crippen LogP contribution >= 0.6 is 0 Å². The van der Waals surface area contributed by atoms with Crippen LogP contribution in [0.1, 0.15) is 19.3 Å². The van der Waals surface area contributed by atoms with Crippen LogP contribution in [0.15, 0.2) is 12.7 Å². The van der Waals surface area contributed by atoms with E-state index in [0.29, 0.717) is 19.3 Å². The van der Waals surface area contributed by atoms with Crippen molar-refractivity contribution in [2.75, 3.05) is 0 Å². The number of carbonyl (C=O) groups excluding carboxylic acids is 1. The van der Waals surface area contributed by atoms with Gasteiger partial charge in [-0.15, -0.1) is 0 Å². The molecule has 1 aliphatic heterocycles. The molecule has 0 bridgehead atoms. The summed E-state index contributed by atoms with van der Waals surface area (Å²) in [5.74, 6) is -1.62. The van der Waals surface area contributed by atoms with Crippen LogP contribution in [0.25, 0.3) is 0 Å². The van der Waals surface area contributed by atoms with E-state index in [2.05, 4.69) is 6.58 Å². The third kappa shape index (κ3) is 2.85. The molecule has 0 aromatic heterocycles. The van der Waals surface area contributed by atoms with Crippen molar-refractivity contribution in [3.8, 4) is 0 Å². The second kappa shape index (κ2) is 4.76. The van der Waals surface area contributed by atoms with Gasteiger partial charge in [-0.3, -0.25) is 0 Å². The summed E-state index contributed by atoms with van der Waals surface area (Å²) in [6.45, 7) is 3.23. The predicted molar refractivity (Wildman–Crippen MR) is 46.4 cm³/mol. The summed E-state index contributed by atoms with van der Waals surface area (Å²) in [6, 6.07) is 0. The fraction of sp³-hybridized carbons (Fsp3) is 0.556. The highest BCUT2D eigenvalue weighted by Gasteiger charge is 2.29. The number of carboxylic acids is 1. The van der Waals surface area contributed by atoms with Crippen LogP contribution in [0.2, 0.25) is 0 Å². The van der Waals surface area contributed by atoms with Gasteiger partial charge < -0.3 is 14.6 Å². The molecule has 1 N–H and O–H groups in total. The number of hydrogen-bond donors (Lipinski definition) is 1. The van der Waals surface area contributed by atoms with Gasteiger partial charge in [-0.2, -0.15) is 0 Å². The van der Waals surface area contributed by atoms with Crippen molar-refractivity contribution < 1.29 is 24.2 Å². The third-order valence-corrected chi connectivity index (χ3v) is 1.91. The van der Waals surface area contributed by atoms with Crippen molar-refractivity contribution in [2.24, 2.45) is 0 Å². The molecule has 0 saturated carbocycles. The first-order valence-electron chi connectivity index (χ1n) is 4.35. The van der Waals surface area contributed by atoms with Gasteiger partial charge >= 0.3 is 11.9 Å². The number of esters is 1. The van der Waals surface area contributed by atoms with Crippen LogP contribution in [0.3, 0.4) is 0 Å². The van der Waals surface area contributed by atoms with Crippen LogP contribution in [-0.2, 0) is 19.1 Å². The van der Waals surface area contributed by atoms with Gasteiger partial charge in [0, 0.05) is 12.5 Å². The molecule has 1 fully saturated rings. The molecule has 0 amide bonds. The number of rotatable bonds is 3. The zero-order chi connectivity index (χ0) is 10.6. The van der Waals surface area contributed by atoms with E-state index in [1.807, 2.05) is 0 Å². The molecular formula is C9H12O5. The molecule has 2 unspecified atom stereocenters. The van der Waals surface area contributed by atoms with E-state index in [0.717, 1.165) is 6.08 Å². The summed E-state index contributed by atoms with van der Waals surface area (Å²) in [5.41, 5.74) is 0. The lowest BCUT2D eigenvalue weighted by Gasteiger charge is -2.26.